The summed E-state index contributed by atoms with van der Waals surface area (Å²) < 4.78 is 3.75. The van der Waals surface area contributed by atoms with Gasteiger partial charge in [0.25, 0.3) is 5.91 Å². The lowest BCUT2D eigenvalue weighted by Gasteiger charge is -2.07. The third kappa shape index (κ3) is 3.42. The molecule has 0 saturated carbocycles. The molecule has 0 bridgehead atoms. The van der Waals surface area contributed by atoms with Crippen molar-refractivity contribution in [1.29, 1.82) is 0 Å². The first kappa shape index (κ1) is 18.6. The van der Waals surface area contributed by atoms with Gasteiger partial charge in [0.05, 0.1) is 11.4 Å². The van der Waals surface area contributed by atoms with Crippen molar-refractivity contribution in [3.05, 3.63) is 53.7 Å². The number of nitrogens with one attached hydrogen (secondary N) is 2. The van der Waals surface area contributed by atoms with Gasteiger partial charge in [-0.15, -0.1) is 10.2 Å². The Bertz CT molecular complexity index is 1180. The van der Waals surface area contributed by atoms with E-state index in [0.29, 0.717) is 17.1 Å². The minimum atomic E-state index is -0.267. The Kier molecular flexibility index (Phi) is 4.71. The molecule has 2 N–H and O–H groups in total. The highest BCUT2D eigenvalue weighted by Crippen LogP contribution is 2.26. The van der Waals surface area contributed by atoms with Crippen molar-refractivity contribution in [3.63, 3.8) is 0 Å². The number of anilines is 1. The molecule has 148 valence electrons. The molecule has 9 nitrogen and oxygen atoms in total. The molecule has 0 radical (unpaired) electrons. The van der Waals surface area contributed by atoms with Gasteiger partial charge in [-0.2, -0.15) is 10.2 Å². The molecular formula is C20H22N8O. The molecule has 0 aliphatic heterocycles. The average molecular weight is 390 g/mol. The number of hydrogen-bond donors (Lipinski definition) is 2. The lowest BCUT2D eigenvalue weighted by Crippen LogP contribution is -2.12. The molecule has 0 spiro atoms. The van der Waals surface area contributed by atoms with Gasteiger partial charge in [-0.05, 0) is 39.0 Å². The van der Waals surface area contributed by atoms with E-state index in [4.69, 9.17) is 0 Å². The van der Waals surface area contributed by atoms with E-state index in [1.54, 1.807) is 17.1 Å². The zero-order valence-corrected chi connectivity index (χ0v) is 16.8. The second kappa shape index (κ2) is 7.34. The Morgan fingerprint density at radius 2 is 2.07 bits per heavy atom. The number of aryl methyl sites for hydroxylation is 3. The fourth-order valence-corrected chi connectivity index (χ4v) is 3.35. The van der Waals surface area contributed by atoms with Crippen LogP contribution >= 0.6 is 0 Å². The number of aromatic amines is 1. The Morgan fingerprint density at radius 3 is 2.79 bits per heavy atom. The first-order chi connectivity index (χ1) is 14.0. The number of nitrogens with zero attached hydrogens (tertiary/aromatic N) is 6. The van der Waals surface area contributed by atoms with Crippen molar-refractivity contribution < 1.29 is 4.79 Å². The van der Waals surface area contributed by atoms with Gasteiger partial charge in [0.1, 0.15) is 12.0 Å². The van der Waals surface area contributed by atoms with Gasteiger partial charge < -0.3 is 9.88 Å². The van der Waals surface area contributed by atoms with E-state index < -0.39 is 0 Å². The van der Waals surface area contributed by atoms with E-state index in [1.165, 1.54) is 0 Å². The van der Waals surface area contributed by atoms with E-state index in [-0.39, 0.29) is 5.91 Å². The summed E-state index contributed by atoms with van der Waals surface area (Å²) in [6.07, 6.45) is 1.69. The van der Waals surface area contributed by atoms with Gasteiger partial charge >= 0.3 is 0 Å². The van der Waals surface area contributed by atoms with Gasteiger partial charge in [0.2, 0.25) is 0 Å². The lowest BCUT2D eigenvalue weighted by molar-refractivity contribution is 0.102. The maximum atomic E-state index is 12.7. The van der Waals surface area contributed by atoms with Crippen LogP contribution in [0.25, 0.3) is 22.6 Å². The molecule has 0 aliphatic carbocycles. The van der Waals surface area contributed by atoms with Gasteiger partial charge in [-0.25, -0.2) is 0 Å². The standard InChI is InChI=1S/C20H22N8O/c1-5-28-11-21-25-19(28)14-7-6-8-15(9-14)22-20(29)17-10-16(23-24-17)18-12(2)26-27(4)13(18)3/h6-11H,5H2,1-4H3,(H,22,29)(H,23,24). The number of carbonyl (C=O) groups is 1. The second-order valence-electron chi connectivity index (χ2n) is 6.81. The highest BCUT2D eigenvalue weighted by Gasteiger charge is 2.17. The molecule has 0 fully saturated rings. The maximum absolute atomic E-state index is 12.7. The average Bonchev–Trinajstić information content (AvgIpc) is 3.42. The molecule has 1 amide bonds. The van der Waals surface area contributed by atoms with Gasteiger partial charge in [-0.1, -0.05) is 12.1 Å². The number of carbonyl (C=O) groups excluding carboxylic acids is 1. The van der Waals surface area contributed by atoms with Crippen molar-refractivity contribution in [2.75, 3.05) is 5.32 Å². The summed E-state index contributed by atoms with van der Waals surface area (Å²) in [6, 6.07) is 9.26. The molecule has 0 aliphatic rings. The van der Waals surface area contributed by atoms with Crippen LogP contribution in [0.4, 0.5) is 5.69 Å². The number of benzene rings is 1. The number of rotatable bonds is 5. The summed E-state index contributed by atoms with van der Waals surface area (Å²) in [5.41, 5.74) is 5.43. The molecule has 0 unspecified atom stereocenters. The molecule has 0 atom stereocenters. The van der Waals surface area contributed by atoms with Crippen LogP contribution in [0.5, 0.6) is 0 Å². The van der Waals surface area contributed by atoms with E-state index in [1.807, 2.05) is 56.7 Å². The normalized spacial score (nSPS) is 11.0. The number of H-pyrrole nitrogens is 1. The van der Waals surface area contributed by atoms with Gasteiger partial charge in [-0.3, -0.25) is 14.6 Å². The number of amides is 1. The Labute approximate surface area is 167 Å². The fraction of sp³-hybridized carbons (Fsp3) is 0.250. The molecule has 4 aromatic rings. The zero-order chi connectivity index (χ0) is 20.5. The monoisotopic (exact) mass is 390 g/mol. The van der Waals surface area contributed by atoms with Crippen LogP contribution < -0.4 is 5.32 Å². The number of hydrogen-bond acceptors (Lipinski definition) is 5. The van der Waals surface area contributed by atoms with E-state index >= 15 is 0 Å². The Morgan fingerprint density at radius 1 is 1.24 bits per heavy atom. The first-order valence-corrected chi connectivity index (χ1v) is 9.33. The lowest BCUT2D eigenvalue weighted by atomic mass is 10.1. The molecule has 9 heteroatoms. The predicted molar refractivity (Wildman–Crippen MR) is 109 cm³/mol. The highest BCUT2D eigenvalue weighted by atomic mass is 16.1. The minimum Gasteiger partial charge on any atom is -0.321 e. The minimum absolute atomic E-state index is 0.267. The molecule has 3 aromatic heterocycles. The first-order valence-electron chi connectivity index (χ1n) is 9.33. The van der Waals surface area contributed by atoms with Crippen LogP contribution in [0, 0.1) is 13.8 Å². The van der Waals surface area contributed by atoms with Crippen molar-refractivity contribution >= 4 is 11.6 Å². The van der Waals surface area contributed by atoms with Crippen LogP contribution in [0.3, 0.4) is 0 Å². The van der Waals surface area contributed by atoms with Gasteiger partial charge in [0.15, 0.2) is 5.82 Å². The largest absolute Gasteiger partial charge is 0.321 e. The smallest absolute Gasteiger partial charge is 0.273 e. The third-order valence-corrected chi connectivity index (χ3v) is 4.92. The van der Waals surface area contributed by atoms with Crippen LogP contribution in [0.2, 0.25) is 0 Å². The quantitative estimate of drug-likeness (QED) is 0.545. The molecular weight excluding hydrogens is 368 g/mol. The fourth-order valence-electron chi connectivity index (χ4n) is 3.35. The van der Waals surface area contributed by atoms with Crippen LogP contribution in [-0.4, -0.2) is 40.6 Å². The van der Waals surface area contributed by atoms with Crippen molar-refractivity contribution in [3.8, 4) is 22.6 Å². The summed E-state index contributed by atoms with van der Waals surface area (Å²) in [5, 5.41) is 22.6. The third-order valence-electron chi connectivity index (χ3n) is 4.92. The zero-order valence-electron chi connectivity index (χ0n) is 16.8. The van der Waals surface area contributed by atoms with Gasteiger partial charge in [0, 0.05) is 36.1 Å². The SMILES string of the molecule is CCn1cnnc1-c1cccc(NC(=O)c2cc(-c3c(C)nn(C)c3C)n[nH]2)c1. The second-order valence-corrected chi connectivity index (χ2v) is 6.81. The summed E-state index contributed by atoms with van der Waals surface area (Å²) in [4.78, 5) is 12.7. The molecule has 0 saturated heterocycles. The van der Waals surface area contributed by atoms with Crippen LogP contribution in [0.1, 0.15) is 28.8 Å². The highest BCUT2D eigenvalue weighted by molar-refractivity contribution is 6.03. The molecule has 29 heavy (non-hydrogen) atoms. The number of aromatic nitrogens is 7. The Balaban J connectivity index is 1.56. The van der Waals surface area contributed by atoms with Crippen LogP contribution in [-0.2, 0) is 13.6 Å². The maximum Gasteiger partial charge on any atom is 0.273 e. The molecule has 3 heterocycles. The van der Waals surface area contributed by atoms with Crippen molar-refractivity contribution in [2.24, 2.45) is 7.05 Å². The van der Waals surface area contributed by atoms with Crippen LogP contribution in [0.15, 0.2) is 36.7 Å². The Hall–Kier alpha value is -3.75. The molecule has 4 rings (SSSR count). The summed E-state index contributed by atoms with van der Waals surface area (Å²) in [7, 11) is 1.89. The summed E-state index contributed by atoms with van der Waals surface area (Å²) in [6.45, 7) is 6.70. The van der Waals surface area contributed by atoms with Crippen molar-refractivity contribution in [1.82, 2.24) is 34.7 Å². The van der Waals surface area contributed by atoms with E-state index in [2.05, 4.69) is 30.8 Å². The topological polar surface area (TPSA) is 106 Å². The molecule has 1 aromatic carbocycles. The predicted octanol–water partition coefficient (Wildman–Crippen LogP) is 2.96. The van der Waals surface area contributed by atoms with E-state index in [0.717, 1.165) is 34.9 Å². The summed E-state index contributed by atoms with van der Waals surface area (Å²) >= 11 is 0. The van der Waals surface area contributed by atoms with Crippen molar-refractivity contribution in [2.45, 2.75) is 27.3 Å². The van der Waals surface area contributed by atoms with E-state index in [9.17, 15) is 4.79 Å². The summed E-state index contributed by atoms with van der Waals surface area (Å²) in [5.74, 6) is 0.493.